The summed E-state index contributed by atoms with van der Waals surface area (Å²) in [5, 5.41) is 2.00. The van der Waals surface area contributed by atoms with E-state index in [-0.39, 0.29) is 0 Å². The van der Waals surface area contributed by atoms with Crippen LogP contribution in [0.2, 0.25) is 0 Å². The van der Waals surface area contributed by atoms with E-state index in [1.165, 1.54) is 0 Å². The normalized spacial score (nSPS) is 10.2. The lowest BCUT2D eigenvalue weighted by atomic mass is 10.1. The first kappa shape index (κ1) is 9.45. The molecule has 0 amide bonds. The quantitative estimate of drug-likeness (QED) is 0.539. The minimum absolute atomic E-state index is 0.617. The number of hydrogen-bond donors (Lipinski definition) is 1. The van der Waals surface area contributed by atoms with E-state index >= 15 is 0 Å². The van der Waals surface area contributed by atoms with Crippen LogP contribution in [0.3, 0.4) is 0 Å². The maximum atomic E-state index is 7.02. The molecule has 2 aromatic carbocycles. The van der Waals surface area contributed by atoms with Gasteiger partial charge in [-0.25, -0.2) is 9.69 Å². The topological polar surface area (TPSA) is 24.5 Å². The van der Waals surface area contributed by atoms with Gasteiger partial charge in [-0.2, -0.15) is 0 Å². The van der Waals surface area contributed by atoms with E-state index in [4.69, 9.17) is 13.1 Å². The second kappa shape index (κ2) is 3.37. The van der Waals surface area contributed by atoms with Gasteiger partial charge < -0.3 is 4.98 Å². The van der Waals surface area contributed by atoms with Crippen molar-refractivity contribution in [3.8, 4) is 0 Å². The number of aromatic amines is 1. The van der Waals surface area contributed by atoms with Crippen molar-refractivity contribution >= 4 is 33.2 Å². The van der Waals surface area contributed by atoms with E-state index in [2.05, 4.69) is 14.7 Å². The van der Waals surface area contributed by atoms with E-state index in [0.29, 0.717) is 11.4 Å². The van der Waals surface area contributed by atoms with Crippen LogP contribution in [0, 0.1) is 13.1 Å². The lowest BCUT2D eigenvalue weighted by molar-refractivity contribution is 1.55. The molecule has 0 unspecified atom stereocenters. The second-order valence-electron chi connectivity index (χ2n) is 3.81. The third kappa shape index (κ3) is 1.34. The van der Waals surface area contributed by atoms with Crippen molar-refractivity contribution in [2.75, 3.05) is 0 Å². The zero-order valence-corrected chi connectivity index (χ0v) is 8.86. The summed E-state index contributed by atoms with van der Waals surface area (Å²) in [6, 6.07) is 11.1. The third-order valence-corrected chi connectivity index (χ3v) is 2.82. The average Bonchev–Trinajstić information content (AvgIpc) is 2.75. The first-order valence-electron chi connectivity index (χ1n) is 5.12. The number of benzene rings is 2. The first-order chi connectivity index (χ1) is 8.31. The summed E-state index contributed by atoms with van der Waals surface area (Å²) in [5.41, 5.74) is 3.22. The number of hydrogen-bond acceptors (Lipinski definition) is 0. The maximum absolute atomic E-state index is 7.02. The smallest absolute Gasteiger partial charge is 0.188 e. The molecule has 1 aromatic heterocycles. The lowest BCUT2D eigenvalue weighted by Crippen LogP contribution is -1.66. The number of rotatable bonds is 0. The Morgan fingerprint density at radius 3 is 1.65 bits per heavy atom. The molecule has 0 atom stereocenters. The van der Waals surface area contributed by atoms with Crippen LogP contribution in [0.15, 0.2) is 36.4 Å². The van der Waals surface area contributed by atoms with Crippen molar-refractivity contribution in [3.63, 3.8) is 0 Å². The van der Waals surface area contributed by atoms with Crippen LogP contribution in [-0.2, 0) is 0 Å². The van der Waals surface area contributed by atoms with Crippen molar-refractivity contribution in [2.45, 2.75) is 0 Å². The Morgan fingerprint density at radius 1 is 0.765 bits per heavy atom. The molecule has 1 heterocycles. The molecule has 3 heteroatoms. The van der Waals surface area contributed by atoms with Crippen LogP contribution < -0.4 is 0 Å². The van der Waals surface area contributed by atoms with Gasteiger partial charge >= 0.3 is 0 Å². The predicted octanol–water partition coefficient (Wildman–Crippen LogP) is 4.42. The highest BCUT2D eigenvalue weighted by Crippen LogP contribution is 2.31. The Hall–Kier alpha value is -2.78. The molecule has 0 aliphatic carbocycles. The fraction of sp³-hybridized carbons (Fsp3) is 0. The molecule has 3 aromatic rings. The Morgan fingerprint density at radius 2 is 1.24 bits per heavy atom. The molecule has 0 saturated heterocycles. The lowest BCUT2D eigenvalue weighted by Gasteiger charge is -1.93. The summed E-state index contributed by atoms with van der Waals surface area (Å²) in [7, 11) is 0. The van der Waals surface area contributed by atoms with Gasteiger partial charge in [0.05, 0.1) is 13.1 Å². The van der Waals surface area contributed by atoms with Crippen LogP contribution in [0.5, 0.6) is 0 Å². The van der Waals surface area contributed by atoms with Crippen molar-refractivity contribution in [1.29, 1.82) is 0 Å². The van der Waals surface area contributed by atoms with Crippen molar-refractivity contribution < 1.29 is 0 Å². The highest BCUT2D eigenvalue weighted by atomic mass is 14.7. The number of nitrogens with one attached hydrogen (secondary N) is 1. The van der Waals surface area contributed by atoms with Crippen LogP contribution in [-0.4, -0.2) is 4.98 Å². The van der Waals surface area contributed by atoms with Gasteiger partial charge in [0.25, 0.3) is 0 Å². The minimum atomic E-state index is 0.617. The second-order valence-corrected chi connectivity index (χ2v) is 3.81. The molecule has 0 spiro atoms. The van der Waals surface area contributed by atoms with Crippen LogP contribution in [0.25, 0.3) is 31.5 Å². The van der Waals surface area contributed by atoms with Crippen molar-refractivity contribution in [1.82, 2.24) is 4.98 Å². The Bertz CT molecular complexity index is 745. The average molecular weight is 217 g/mol. The molecule has 1 N–H and O–H groups in total. The van der Waals surface area contributed by atoms with E-state index in [1.54, 1.807) is 12.1 Å². The molecular formula is C14H7N3. The van der Waals surface area contributed by atoms with Crippen LogP contribution in [0.1, 0.15) is 0 Å². The van der Waals surface area contributed by atoms with Crippen molar-refractivity contribution in [2.24, 2.45) is 0 Å². The standard InChI is InChI=1S/C14H7N3/c1-15-9-3-5-13-11(7-9)12-8-10(16-2)4-6-14(12)17-13/h3-8,17H. The molecule has 0 fully saturated rings. The van der Waals surface area contributed by atoms with E-state index in [1.807, 2.05) is 24.3 Å². The Labute approximate surface area is 97.9 Å². The third-order valence-electron chi connectivity index (χ3n) is 2.82. The zero-order chi connectivity index (χ0) is 11.8. The highest BCUT2D eigenvalue weighted by Gasteiger charge is 2.05. The van der Waals surface area contributed by atoms with Gasteiger partial charge in [-0.15, -0.1) is 0 Å². The van der Waals surface area contributed by atoms with Gasteiger partial charge in [0.2, 0.25) is 0 Å². The van der Waals surface area contributed by atoms with Gasteiger partial charge in [0, 0.05) is 11.0 Å². The number of nitrogens with zero attached hydrogens (tertiary/aromatic N) is 2. The molecule has 0 aliphatic rings. The summed E-state index contributed by atoms with van der Waals surface area (Å²) < 4.78 is 0. The van der Waals surface area contributed by atoms with Gasteiger partial charge in [0.1, 0.15) is 0 Å². The number of H-pyrrole nitrogens is 1. The van der Waals surface area contributed by atoms with E-state index in [9.17, 15) is 0 Å². The van der Waals surface area contributed by atoms with E-state index in [0.717, 1.165) is 21.8 Å². The number of aromatic nitrogens is 1. The minimum Gasteiger partial charge on any atom is -0.355 e. The molecule has 0 radical (unpaired) electrons. The first-order valence-corrected chi connectivity index (χ1v) is 5.12. The van der Waals surface area contributed by atoms with Gasteiger partial charge in [-0.05, 0) is 35.0 Å². The van der Waals surface area contributed by atoms with Crippen LogP contribution >= 0.6 is 0 Å². The molecule has 3 nitrogen and oxygen atoms in total. The summed E-state index contributed by atoms with van der Waals surface area (Å²) in [6.07, 6.45) is 0. The summed E-state index contributed by atoms with van der Waals surface area (Å²) in [5.74, 6) is 0. The van der Waals surface area contributed by atoms with Gasteiger partial charge in [-0.1, -0.05) is 12.1 Å². The Balaban J connectivity index is 2.47. The molecule has 3 rings (SSSR count). The van der Waals surface area contributed by atoms with Crippen molar-refractivity contribution in [3.05, 3.63) is 59.2 Å². The molecule has 0 bridgehead atoms. The summed E-state index contributed by atoms with van der Waals surface area (Å²) >= 11 is 0. The summed E-state index contributed by atoms with van der Waals surface area (Å²) in [4.78, 5) is 10.1. The largest absolute Gasteiger partial charge is 0.355 e. The van der Waals surface area contributed by atoms with Crippen LogP contribution in [0.4, 0.5) is 11.4 Å². The number of fused-ring (bicyclic) bond motifs is 3. The molecule has 78 valence electrons. The summed E-state index contributed by atoms with van der Waals surface area (Å²) in [6.45, 7) is 14.0. The molecule has 0 aliphatic heterocycles. The fourth-order valence-electron chi connectivity index (χ4n) is 2.01. The Kier molecular flexibility index (Phi) is 1.87. The highest BCUT2D eigenvalue weighted by molar-refractivity contribution is 6.09. The molecular weight excluding hydrogens is 210 g/mol. The fourth-order valence-corrected chi connectivity index (χ4v) is 2.01. The molecule has 0 saturated carbocycles. The van der Waals surface area contributed by atoms with Gasteiger partial charge in [0.15, 0.2) is 11.4 Å². The monoisotopic (exact) mass is 217 g/mol. The predicted molar refractivity (Wildman–Crippen MR) is 68.3 cm³/mol. The van der Waals surface area contributed by atoms with E-state index < -0.39 is 0 Å². The molecule has 17 heavy (non-hydrogen) atoms. The van der Waals surface area contributed by atoms with Gasteiger partial charge in [-0.3, -0.25) is 0 Å². The zero-order valence-electron chi connectivity index (χ0n) is 8.86. The SMILES string of the molecule is [C-]#[N+]c1ccc2[nH]c3ccc([N+]#[C-])cc3c2c1. The maximum Gasteiger partial charge on any atom is 0.188 e.